The number of nitrogen functional groups attached to an aromatic ring is 1. The van der Waals surface area contributed by atoms with Gasteiger partial charge in [0.25, 0.3) is 0 Å². The summed E-state index contributed by atoms with van der Waals surface area (Å²) in [5.74, 6) is 5.86. The molecule has 0 fully saturated rings. The van der Waals surface area contributed by atoms with Gasteiger partial charge in [0.15, 0.2) is 0 Å². The molecule has 13 heavy (non-hydrogen) atoms. The van der Waals surface area contributed by atoms with Crippen molar-refractivity contribution < 1.29 is 0 Å². The smallest absolute Gasteiger partial charge is 0.0697 e. The molecule has 2 nitrogen and oxygen atoms in total. The maximum absolute atomic E-state index is 5.90. The van der Waals surface area contributed by atoms with E-state index in [1.165, 1.54) is 5.56 Å². The first-order valence-corrected chi connectivity index (χ1v) is 4.51. The highest BCUT2D eigenvalue weighted by Crippen LogP contribution is 2.25. The second-order valence-electron chi connectivity index (χ2n) is 3.24. The third-order valence-electron chi connectivity index (χ3n) is 2.53. The van der Waals surface area contributed by atoms with Crippen molar-refractivity contribution >= 4 is 22.5 Å². The normalized spacial score (nSPS) is 11.0. The molecule has 1 heterocycles. The molecule has 0 saturated carbocycles. The largest absolute Gasteiger partial charge is 0.339 e. The number of fused-ring (bicyclic) bond motifs is 1. The summed E-state index contributed by atoms with van der Waals surface area (Å²) in [5, 5.41) is 1.88. The Bertz CT molecular complexity index is 471. The summed E-state index contributed by atoms with van der Waals surface area (Å²) in [4.78, 5) is 0. The molecule has 0 aliphatic rings. The number of nitrogens with two attached hydrogens (primary N) is 1. The lowest BCUT2D eigenvalue weighted by atomic mass is 10.2. The van der Waals surface area contributed by atoms with Crippen LogP contribution >= 0.6 is 11.6 Å². The fourth-order valence-corrected chi connectivity index (χ4v) is 1.75. The Morgan fingerprint density at radius 1 is 1.31 bits per heavy atom. The standard InChI is InChI=1S/C10H11ClN2/c1-6-7(2)13(12)10-4-3-8(11)5-9(6)10/h3-5H,12H2,1-2H3. The summed E-state index contributed by atoms with van der Waals surface area (Å²) in [6, 6.07) is 5.74. The number of aryl methyl sites for hydroxylation is 1. The molecule has 3 heteroatoms. The first-order chi connectivity index (χ1) is 6.11. The molecule has 0 aliphatic heterocycles. The van der Waals surface area contributed by atoms with Crippen LogP contribution in [-0.4, -0.2) is 4.68 Å². The Labute approximate surface area is 81.9 Å². The van der Waals surface area contributed by atoms with Crippen molar-refractivity contribution in [2.45, 2.75) is 13.8 Å². The van der Waals surface area contributed by atoms with Gasteiger partial charge >= 0.3 is 0 Å². The predicted molar refractivity (Wildman–Crippen MR) is 56.6 cm³/mol. The fourth-order valence-electron chi connectivity index (χ4n) is 1.57. The van der Waals surface area contributed by atoms with E-state index >= 15 is 0 Å². The highest BCUT2D eigenvalue weighted by Gasteiger charge is 2.08. The van der Waals surface area contributed by atoms with Crippen molar-refractivity contribution in [3.8, 4) is 0 Å². The summed E-state index contributed by atoms with van der Waals surface area (Å²) >= 11 is 5.90. The van der Waals surface area contributed by atoms with Crippen LogP contribution in [-0.2, 0) is 0 Å². The van der Waals surface area contributed by atoms with E-state index in [0.717, 1.165) is 21.6 Å². The first kappa shape index (κ1) is 8.45. The number of nitrogens with zero attached hydrogens (tertiary/aromatic N) is 1. The van der Waals surface area contributed by atoms with Gasteiger partial charge in [-0.15, -0.1) is 0 Å². The number of hydrogen-bond acceptors (Lipinski definition) is 1. The molecule has 68 valence electrons. The minimum atomic E-state index is 0.751. The SMILES string of the molecule is Cc1c(C)n(N)c2ccc(Cl)cc12. The topological polar surface area (TPSA) is 30.9 Å². The number of hydrogen-bond donors (Lipinski definition) is 1. The second kappa shape index (κ2) is 2.67. The molecule has 0 atom stereocenters. The highest BCUT2D eigenvalue weighted by molar-refractivity contribution is 6.31. The first-order valence-electron chi connectivity index (χ1n) is 4.13. The van der Waals surface area contributed by atoms with Crippen molar-refractivity contribution in [3.05, 3.63) is 34.5 Å². The Morgan fingerprint density at radius 2 is 2.00 bits per heavy atom. The van der Waals surface area contributed by atoms with Crippen LogP contribution in [0.25, 0.3) is 10.9 Å². The van der Waals surface area contributed by atoms with Crippen molar-refractivity contribution in [1.82, 2.24) is 4.68 Å². The van der Waals surface area contributed by atoms with E-state index in [1.54, 1.807) is 4.68 Å². The quantitative estimate of drug-likeness (QED) is 0.643. The average molecular weight is 195 g/mol. The zero-order valence-electron chi connectivity index (χ0n) is 7.63. The van der Waals surface area contributed by atoms with E-state index in [-0.39, 0.29) is 0 Å². The maximum Gasteiger partial charge on any atom is 0.0697 e. The zero-order valence-corrected chi connectivity index (χ0v) is 8.39. The third kappa shape index (κ3) is 1.10. The van der Waals surface area contributed by atoms with Crippen LogP contribution in [0.15, 0.2) is 18.2 Å². The van der Waals surface area contributed by atoms with Crippen LogP contribution in [0.4, 0.5) is 0 Å². The van der Waals surface area contributed by atoms with Crippen LogP contribution < -0.4 is 5.84 Å². The van der Waals surface area contributed by atoms with Crippen molar-refractivity contribution in [2.24, 2.45) is 0 Å². The Morgan fingerprint density at radius 3 is 2.69 bits per heavy atom. The molecular weight excluding hydrogens is 184 g/mol. The molecular formula is C10H11ClN2. The number of rotatable bonds is 0. The van der Waals surface area contributed by atoms with Gasteiger partial charge in [0.05, 0.1) is 5.52 Å². The van der Waals surface area contributed by atoms with Gasteiger partial charge in [-0.2, -0.15) is 0 Å². The average Bonchev–Trinajstić information content (AvgIpc) is 2.32. The molecule has 0 aliphatic carbocycles. The van der Waals surface area contributed by atoms with E-state index in [4.69, 9.17) is 17.4 Å². The van der Waals surface area contributed by atoms with Gasteiger partial charge in [-0.3, -0.25) is 4.68 Å². The maximum atomic E-state index is 5.90. The minimum Gasteiger partial charge on any atom is -0.339 e. The zero-order chi connectivity index (χ0) is 9.59. The van der Waals surface area contributed by atoms with Gasteiger partial charge in [-0.25, -0.2) is 0 Å². The van der Waals surface area contributed by atoms with Gasteiger partial charge in [0, 0.05) is 16.1 Å². The van der Waals surface area contributed by atoms with Crippen LogP contribution in [0.5, 0.6) is 0 Å². The minimum absolute atomic E-state index is 0.751. The number of halogens is 1. The van der Waals surface area contributed by atoms with Crippen LogP contribution in [0, 0.1) is 13.8 Å². The third-order valence-corrected chi connectivity index (χ3v) is 2.76. The fraction of sp³-hybridized carbons (Fsp3) is 0.200. The van der Waals surface area contributed by atoms with Crippen LogP contribution in [0.2, 0.25) is 5.02 Å². The highest BCUT2D eigenvalue weighted by atomic mass is 35.5. The number of aromatic nitrogens is 1. The van der Waals surface area contributed by atoms with Gasteiger partial charge in [-0.05, 0) is 37.6 Å². The Hall–Kier alpha value is -1.15. The molecule has 2 rings (SSSR count). The lowest BCUT2D eigenvalue weighted by Gasteiger charge is -1.97. The molecule has 0 unspecified atom stereocenters. The molecule has 0 bridgehead atoms. The molecule has 1 aromatic carbocycles. The van der Waals surface area contributed by atoms with Crippen molar-refractivity contribution in [2.75, 3.05) is 5.84 Å². The van der Waals surface area contributed by atoms with Gasteiger partial charge < -0.3 is 5.84 Å². The molecule has 0 spiro atoms. The summed E-state index contributed by atoms with van der Waals surface area (Å²) < 4.78 is 1.70. The van der Waals surface area contributed by atoms with Crippen LogP contribution in [0.1, 0.15) is 11.3 Å². The van der Waals surface area contributed by atoms with E-state index < -0.39 is 0 Å². The van der Waals surface area contributed by atoms with E-state index in [0.29, 0.717) is 0 Å². The van der Waals surface area contributed by atoms with Gasteiger partial charge in [-0.1, -0.05) is 11.6 Å². The molecule has 1 aromatic heterocycles. The predicted octanol–water partition coefficient (Wildman–Crippen LogP) is 2.63. The molecule has 2 N–H and O–H groups in total. The Kier molecular flexibility index (Phi) is 1.74. The second-order valence-corrected chi connectivity index (χ2v) is 3.68. The molecule has 0 saturated heterocycles. The van der Waals surface area contributed by atoms with E-state index in [9.17, 15) is 0 Å². The van der Waals surface area contributed by atoms with E-state index in [1.807, 2.05) is 25.1 Å². The van der Waals surface area contributed by atoms with Crippen molar-refractivity contribution in [1.29, 1.82) is 0 Å². The summed E-state index contributed by atoms with van der Waals surface area (Å²) in [6.45, 7) is 4.06. The summed E-state index contributed by atoms with van der Waals surface area (Å²) in [7, 11) is 0. The Balaban J connectivity index is 2.95. The summed E-state index contributed by atoms with van der Waals surface area (Å²) in [5.41, 5.74) is 3.30. The van der Waals surface area contributed by atoms with Crippen molar-refractivity contribution in [3.63, 3.8) is 0 Å². The lowest BCUT2D eigenvalue weighted by Crippen LogP contribution is -2.09. The van der Waals surface area contributed by atoms with Gasteiger partial charge in [0.1, 0.15) is 0 Å². The van der Waals surface area contributed by atoms with Gasteiger partial charge in [0.2, 0.25) is 0 Å². The van der Waals surface area contributed by atoms with E-state index in [2.05, 4.69) is 6.92 Å². The summed E-state index contributed by atoms with van der Waals surface area (Å²) in [6.07, 6.45) is 0. The molecule has 0 amide bonds. The monoisotopic (exact) mass is 194 g/mol. The number of benzene rings is 1. The molecule has 2 aromatic rings. The molecule has 0 radical (unpaired) electrons. The van der Waals surface area contributed by atoms with Crippen LogP contribution in [0.3, 0.4) is 0 Å². The lowest BCUT2D eigenvalue weighted by molar-refractivity contribution is 0.989.